The van der Waals surface area contributed by atoms with Gasteiger partial charge in [-0.15, -0.1) is 0 Å². The van der Waals surface area contributed by atoms with Gasteiger partial charge in [0, 0.05) is 18.9 Å². The van der Waals surface area contributed by atoms with Crippen LogP contribution in [-0.2, 0) is 10.3 Å². The molecule has 0 bridgehead atoms. The molecule has 0 radical (unpaired) electrons. The van der Waals surface area contributed by atoms with Gasteiger partial charge < -0.3 is 11.1 Å². The van der Waals surface area contributed by atoms with Gasteiger partial charge in [0.05, 0.1) is 12.0 Å². The lowest BCUT2D eigenvalue weighted by atomic mass is 9.87. The Kier molecular flexibility index (Phi) is 4.41. The number of benzene rings is 1. The third kappa shape index (κ3) is 3.26. The van der Waals surface area contributed by atoms with Crippen molar-refractivity contribution in [3.05, 3.63) is 59.7 Å². The van der Waals surface area contributed by atoms with E-state index in [0.717, 1.165) is 0 Å². The molecule has 0 aliphatic carbocycles. The Hall–Kier alpha value is -3.29. The van der Waals surface area contributed by atoms with Crippen molar-refractivity contribution in [2.45, 2.75) is 18.9 Å². The minimum absolute atomic E-state index is 0.133. The number of hydrogen-bond donors (Lipinski definition) is 2. The highest BCUT2D eigenvalue weighted by Gasteiger charge is 2.36. The molecule has 2 aromatic rings. The average Bonchev–Trinajstić information content (AvgIpc) is 2.60. The molecule has 2 heterocycles. The van der Waals surface area contributed by atoms with Crippen LogP contribution in [0.3, 0.4) is 0 Å². The number of aromatic nitrogens is 1. The lowest BCUT2D eigenvalue weighted by Gasteiger charge is -2.33. The number of nitrogens with two attached hydrogens (primary N) is 1. The maximum atomic E-state index is 13.7. The molecule has 3 N–H and O–H groups in total. The molecule has 3 rings (SSSR count). The molecule has 0 saturated carbocycles. The number of halogens is 1. The van der Waals surface area contributed by atoms with E-state index in [2.05, 4.69) is 15.3 Å². The van der Waals surface area contributed by atoms with E-state index in [1.165, 1.54) is 23.2 Å². The summed E-state index contributed by atoms with van der Waals surface area (Å²) in [5.74, 6) is -1.38. The fraction of sp³-hybridized carbons (Fsp3) is 0.222. The minimum Gasteiger partial charge on any atom is -0.369 e. The summed E-state index contributed by atoms with van der Waals surface area (Å²) < 4.78 is 13.7. The van der Waals surface area contributed by atoms with Crippen molar-refractivity contribution in [3.63, 3.8) is 0 Å². The first-order valence-corrected chi connectivity index (χ1v) is 7.94. The van der Waals surface area contributed by atoms with E-state index in [9.17, 15) is 14.0 Å². The molecule has 1 aromatic heterocycles. The van der Waals surface area contributed by atoms with Crippen molar-refractivity contribution in [2.24, 2.45) is 10.7 Å². The second-order valence-electron chi connectivity index (χ2n) is 6.24. The SMILES string of the molecule is CN1C(=O)CC(C)(c2cccc(NC(=O)c3ncccc3F)c2)N=C1N. The fourth-order valence-corrected chi connectivity index (χ4v) is 2.75. The van der Waals surface area contributed by atoms with Gasteiger partial charge in [-0.05, 0) is 36.8 Å². The van der Waals surface area contributed by atoms with Gasteiger partial charge in [0.25, 0.3) is 5.91 Å². The van der Waals surface area contributed by atoms with E-state index in [4.69, 9.17) is 5.73 Å². The van der Waals surface area contributed by atoms with Gasteiger partial charge in [0.2, 0.25) is 5.91 Å². The zero-order valence-electron chi connectivity index (χ0n) is 14.4. The van der Waals surface area contributed by atoms with E-state index in [1.54, 1.807) is 38.2 Å². The normalized spacial score (nSPS) is 19.9. The summed E-state index contributed by atoms with van der Waals surface area (Å²) in [6, 6.07) is 9.45. The Morgan fingerprint density at radius 1 is 1.35 bits per heavy atom. The number of pyridine rings is 1. The Bertz CT molecular complexity index is 914. The number of aliphatic imine (C=N–C) groups is 1. The fourth-order valence-electron chi connectivity index (χ4n) is 2.75. The summed E-state index contributed by atoms with van der Waals surface area (Å²) in [5, 5.41) is 2.61. The van der Waals surface area contributed by atoms with Crippen molar-refractivity contribution in [1.82, 2.24) is 9.88 Å². The van der Waals surface area contributed by atoms with Gasteiger partial charge in [-0.3, -0.25) is 14.5 Å². The van der Waals surface area contributed by atoms with Crippen molar-refractivity contribution in [2.75, 3.05) is 12.4 Å². The third-order valence-corrected chi connectivity index (χ3v) is 4.29. The molecule has 2 amide bonds. The number of anilines is 1. The molecule has 1 atom stereocenters. The Labute approximate surface area is 149 Å². The maximum absolute atomic E-state index is 13.7. The van der Waals surface area contributed by atoms with Gasteiger partial charge in [0.15, 0.2) is 17.5 Å². The highest BCUT2D eigenvalue weighted by atomic mass is 19.1. The second-order valence-corrected chi connectivity index (χ2v) is 6.24. The molecular formula is C18H18FN5O2. The van der Waals surface area contributed by atoms with Gasteiger partial charge in [-0.2, -0.15) is 0 Å². The number of hydrogen-bond acceptors (Lipinski definition) is 5. The number of nitrogens with one attached hydrogen (secondary N) is 1. The van der Waals surface area contributed by atoms with Crippen LogP contribution in [0.25, 0.3) is 0 Å². The summed E-state index contributed by atoms with van der Waals surface area (Å²) >= 11 is 0. The monoisotopic (exact) mass is 355 g/mol. The summed E-state index contributed by atoms with van der Waals surface area (Å²) in [4.78, 5) is 33.8. The molecule has 8 heteroatoms. The van der Waals surface area contributed by atoms with Gasteiger partial charge in [-0.25, -0.2) is 14.4 Å². The van der Waals surface area contributed by atoms with E-state index < -0.39 is 17.3 Å². The number of carbonyl (C=O) groups excluding carboxylic acids is 2. The molecule has 1 aromatic carbocycles. The first-order valence-electron chi connectivity index (χ1n) is 7.94. The minimum atomic E-state index is -0.843. The zero-order chi connectivity index (χ0) is 18.9. The van der Waals surface area contributed by atoms with Crippen LogP contribution in [0.1, 0.15) is 29.4 Å². The molecule has 1 aliphatic rings. The quantitative estimate of drug-likeness (QED) is 0.877. The van der Waals surface area contributed by atoms with Crippen molar-refractivity contribution < 1.29 is 14.0 Å². The molecule has 0 fully saturated rings. The molecule has 1 unspecified atom stereocenters. The van der Waals surface area contributed by atoms with Crippen LogP contribution in [0, 0.1) is 5.82 Å². The second kappa shape index (κ2) is 6.55. The lowest BCUT2D eigenvalue weighted by molar-refractivity contribution is -0.128. The number of amides is 2. The molecule has 134 valence electrons. The van der Waals surface area contributed by atoms with Crippen molar-refractivity contribution >= 4 is 23.5 Å². The predicted molar refractivity (Wildman–Crippen MR) is 95.0 cm³/mol. The third-order valence-electron chi connectivity index (χ3n) is 4.29. The Balaban J connectivity index is 1.88. The summed E-state index contributed by atoms with van der Waals surface area (Å²) in [6.07, 6.45) is 1.49. The van der Waals surface area contributed by atoms with Crippen LogP contribution in [0.2, 0.25) is 0 Å². The molecule has 0 spiro atoms. The van der Waals surface area contributed by atoms with Gasteiger partial charge in [0.1, 0.15) is 0 Å². The Morgan fingerprint density at radius 3 is 2.81 bits per heavy atom. The first kappa shape index (κ1) is 17.5. The average molecular weight is 355 g/mol. The largest absolute Gasteiger partial charge is 0.369 e. The summed E-state index contributed by atoms with van der Waals surface area (Å²) in [6.45, 7) is 1.80. The highest BCUT2D eigenvalue weighted by molar-refractivity contribution is 6.03. The molecule has 26 heavy (non-hydrogen) atoms. The zero-order valence-corrected chi connectivity index (χ0v) is 14.4. The van der Waals surface area contributed by atoms with E-state index in [1.807, 2.05) is 0 Å². The van der Waals surface area contributed by atoms with E-state index in [-0.39, 0.29) is 24.0 Å². The number of nitrogens with zero attached hydrogens (tertiary/aromatic N) is 3. The summed E-state index contributed by atoms with van der Waals surface area (Å²) in [5.41, 5.74) is 5.85. The standard InChI is InChI=1S/C18H18FN5O2/c1-18(10-14(25)24(2)17(20)23-18)11-5-3-6-12(9-11)22-16(26)15-13(19)7-4-8-21-15/h3-9H,10H2,1-2H3,(H2,20,23)(H,22,26). The van der Waals surface area contributed by atoms with Gasteiger partial charge >= 0.3 is 0 Å². The smallest absolute Gasteiger partial charge is 0.277 e. The van der Waals surface area contributed by atoms with Crippen LogP contribution in [0.4, 0.5) is 10.1 Å². The first-order chi connectivity index (χ1) is 12.3. The number of carbonyl (C=O) groups is 2. The topological polar surface area (TPSA) is 101 Å². The van der Waals surface area contributed by atoms with Crippen LogP contribution >= 0.6 is 0 Å². The van der Waals surface area contributed by atoms with Gasteiger partial charge in [-0.1, -0.05) is 12.1 Å². The predicted octanol–water partition coefficient (Wildman–Crippen LogP) is 1.86. The molecular weight excluding hydrogens is 337 g/mol. The van der Waals surface area contributed by atoms with Crippen LogP contribution < -0.4 is 11.1 Å². The van der Waals surface area contributed by atoms with Crippen LogP contribution in [-0.4, -0.2) is 34.7 Å². The molecule has 1 aliphatic heterocycles. The summed E-state index contributed by atoms with van der Waals surface area (Å²) in [7, 11) is 1.57. The Morgan fingerprint density at radius 2 is 2.12 bits per heavy atom. The van der Waals surface area contributed by atoms with Crippen LogP contribution in [0.15, 0.2) is 47.6 Å². The van der Waals surface area contributed by atoms with Crippen LogP contribution in [0.5, 0.6) is 0 Å². The van der Waals surface area contributed by atoms with E-state index in [0.29, 0.717) is 11.3 Å². The molecule has 7 nitrogen and oxygen atoms in total. The lowest BCUT2D eigenvalue weighted by Crippen LogP contribution is -2.47. The van der Waals surface area contributed by atoms with E-state index >= 15 is 0 Å². The highest BCUT2D eigenvalue weighted by Crippen LogP contribution is 2.34. The number of guanidine groups is 1. The molecule has 0 saturated heterocycles. The van der Waals surface area contributed by atoms with Crippen molar-refractivity contribution in [3.8, 4) is 0 Å². The number of rotatable bonds is 3. The van der Waals surface area contributed by atoms with Crippen molar-refractivity contribution in [1.29, 1.82) is 0 Å². The maximum Gasteiger partial charge on any atom is 0.277 e.